The number of allylic oxidation sites excluding steroid dienone is 1. The number of amides is 1. The highest BCUT2D eigenvalue weighted by atomic mass is 32.2. The number of sulfonamides is 1. The van der Waals surface area contributed by atoms with Gasteiger partial charge >= 0.3 is 0 Å². The maximum Gasteiger partial charge on any atom is 0.279 e. The quantitative estimate of drug-likeness (QED) is 0.692. The fourth-order valence-electron chi connectivity index (χ4n) is 2.37. The van der Waals surface area contributed by atoms with E-state index in [9.17, 15) is 17.6 Å². The summed E-state index contributed by atoms with van der Waals surface area (Å²) in [6.07, 6.45) is 1.64. The van der Waals surface area contributed by atoms with Crippen LogP contribution in [-0.4, -0.2) is 18.9 Å². The molecule has 0 unspecified atom stereocenters. The van der Waals surface area contributed by atoms with Gasteiger partial charge in [-0.05, 0) is 42.5 Å². The number of carbonyl (C=O) groups excluding carboxylic acids is 1. The van der Waals surface area contributed by atoms with Crippen molar-refractivity contribution in [1.82, 2.24) is 4.57 Å². The van der Waals surface area contributed by atoms with Crippen molar-refractivity contribution in [3.05, 3.63) is 71.3 Å². The van der Waals surface area contributed by atoms with Crippen LogP contribution in [0, 0.1) is 5.82 Å². The van der Waals surface area contributed by atoms with Crippen molar-refractivity contribution in [2.24, 2.45) is 10.1 Å². The zero-order valence-electron chi connectivity index (χ0n) is 13.4. The largest absolute Gasteiger partial charge is 0.312 e. The van der Waals surface area contributed by atoms with Gasteiger partial charge in [0.15, 0.2) is 4.80 Å². The van der Waals surface area contributed by atoms with Crippen LogP contribution in [0.4, 0.5) is 4.39 Å². The Balaban J connectivity index is 2.17. The third-order valence-corrected chi connectivity index (χ3v) is 5.53. The summed E-state index contributed by atoms with van der Waals surface area (Å²) in [5, 5.41) is 5.17. The van der Waals surface area contributed by atoms with E-state index in [0.29, 0.717) is 21.6 Å². The molecule has 2 aromatic carbocycles. The molecule has 1 heterocycles. The Morgan fingerprint density at radius 1 is 1.27 bits per heavy atom. The standard InChI is InChI=1S/C17H14FN3O3S2/c1-2-9-21-14-8-7-13(26(19,23)24)10-15(14)25-17(21)20-16(22)11-3-5-12(18)6-4-11/h2-8,10H,1,9H2,(H2,19,23,24). The van der Waals surface area contributed by atoms with Crippen molar-refractivity contribution < 1.29 is 17.6 Å². The summed E-state index contributed by atoms with van der Waals surface area (Å²) < 4.78 is 38.4. The second kappa shape index (κ2) is 6.94. The van der Waals surface area contributed by atoms with Crippen molar-refractivity contribution in [2.45, 2.75) is 11.4 Å². The molecule has 0 radical (unpaired) electrons. The van der Waals surface area contributed by atoms with Gasteiger partial charge in [-0.3, -0.25) is 4.79 Å². The van der Waals surface area contributed by atoms with Crippen molar-refractivity contribution in [3.8, 4) is 0 Å². The molecule has 0 saturated heterocycles. The number of benzene rings is 2. The van der Waals surface area contributed by atoms with Gasteiger partial charge in [-0.15, -0.1) is 6.58 Å². The van der Waals surface area contributed by atoms with Gasteiger partial charge in [0.05, 0.1) is 15.1 Å². The summed E-state index contributed by atoms with van der Waals surface area (Å²) in [6.45, 7) is 4.07. The van der Waals surface area contributed by atoms with E-state index in [2.05, 4.69) is 11.6 Å². The first kappa shape index (κ1) is 18.2. The Morgan fingerprint density at radius 3 is 2.58 bits per heavy atom. The summed E-state index contributed by atoms with van der Waals surface area (Å²) in [4.78, 5) is 16.8. The number of carbonyl (C=O) groups is 1. The van der Waals surface area contributed by atoms with Gasteiger partial charge in [-0.2, -0.15) is 4.99 Å². The maximum absolute atomic E-state index is 13.0. The Kier molecular flexibility index (Phi) is 4.86. The van der Waals surface area contributed by atoms with Crippen molar-refractivity contribution in [2.75, 3.05) is 0 Å². The maximum atomic E-state index is 13.0. The number of rotatable bonds is 4. The second-order valence-corrected chi connectivity index (χ2v) is 7.95. The topological polar surface area (TPSA) is 94.5 Å². The molecule has 0 bridgehead atoms. The van der Waals surface area contributed by atoms with Gasteiger partial charge in [0.25, 0.3) is 5.91 Å². The van der Waals surface area contributed by atoms with E-state index in [0.717, 1.165) is 11.3 Å². The minimum atomic E-state index is -3.84. The van der Waals surface area contributed by atoms with Crippen LogP contribution in [0.1, 0.15) is 10.4 Å². The van der Waals surface area contributed by atoms with Crippen LogP contribution in [0.15, 0.2) is 65.0 Å². The molecule has 0 aliphatic carbocycles. The monoisotopic (exact) mass is 391 g/mol. The van der Waals surface area contributed by atoms with Crippen molar-refractivity contribution in [1.29, 1.82) is 0 Å². The van der Waals surface area contributed by atoms with Gasteiger partial charge in [0.2, 0.25) is 10.0 Å². The predicted octanol–water partition coefficient (Wildman–Crippen LogP) is 2.42. The normalized spacial score (nSPS) is 12.5. The Bertz CT molecular complexity index is 1180. The van der Waals surface area contributed by atoms with Crippen LogP contribution in [0.25, 0.3) is 10.2 Å². The number of nitrogens with zero attached hydrogens (tertiary/aromatic N) is 2. The number of halogens is 1. The first-order chi connectivity index (χ1) is 12.3. The van der Waals surface area contributed by atoms with Crippen LogP contribution in [0.2, 0.25) is 0 Å². The molecule has 0 atom stereocenters. The van der Waals surface area contributed by atoms with Crippen LogP contribution in [0.5, 0.6) is 0 Å². The average Bonchev–Trinajstić information content (AvgIpc) is 2.92. The molecular weight excluding hydrogens is 377 g/mol. The highest BCUT2D eigenvalue weighted by Crippen LogP contribution is 2.21. The van der Waals surface area contributed by atoms with E-state index in [-0.39, 0.29) is 10.5 Å². The number of nitrogens with two attached hydrogens (primary N) is 1. The van der Waals surface area contributed by atoms with Crippen LogP contribution in [0.3, 0.4) is 0 Å². The number of aromatic nitrogens is 1. The fraction of sp³-hybridized carbons (Fsp3) is 0.0588. The Hall–Kier alpha value is -2.62. The minimum absolute atomic E-state index is 0.0200. The summed E-state index contributed by atoms with van der Waals surface area (Å²) in [5.41, 5.74) is 0.951. The molecule has 2 N–H and O–H groups in total. The van der Waals surface area contributed by atoms with Crippen LogP contribution < -0.4 is 9.94 Å². The fourth-order valence-corrected chi connectivity index (χ4v) is 4.06. The molecule has 3 rings (SSSR count). The molecule has 26 heavy (non-hydrogen) atoms. The van der Waals surface area contributed by atoms with Gasteiger partial charge in [0.1, 0.15) is 5.82 Å². The first-order valence-corrected chi connectivity index (χ1v) is 9.77. The minimum Gasteiger partial charge on any atom is -0.312 e. The van der Waals surface area contributed by atoms with Crippen LogP contribution in [-0.2, 0) is 16.6 Å². The summed E-state index contributed by atoms with van der Waals surface area (Å²) in [7, 11) is -3.84. The molecule has 0 spiro atoms. The summed E-state index contributed by atoms with van der Waals surface area (Å²) in [6, 6.07) is 9.52. The van der Waals surface area contributed by atoms with E-state index >= 15 is 0 Å². The SMILES string of the molecule is C=CCn1c(=NC(=O)c2ccc(F)cc2)sc2cc(S(N)(=O)=O)ccc21. The lowest BCUT2D eigenvalue weighted by Gasteiger charge is -2.02. The average molecular weight is 391 g/mol. The number of hydrogen-bond acceptors (Lipinski definition) is 4. The number of thiazole rings is 1. The molecule has 0 fully saturated rings. The van der Waals surface area contributed by atoms with Gasteiger partial charge in [-0.25, -0.2) is 17.9 Å². The Labute approximate surface area is 152 Å². The molecule has 1 amide bonds. The third-order valence-electron chi connectivity index (χ3n) is 3.58. The summed E-state index contributed by atoms with van der Waals surface area (Å²) in [5.74, 6) is -0.971. The van der Waals surface area contributed by atoms with Crippen molar-refractivity contribution in [3.63, 3.8) is 0 Å². The molecule has 1 aromatic heterocycles. The molecule has 0 aliphatic rings. The van der Waals surface area contributed by atoms with E-state index in [1.807, 2.05) is 0 Å². The number of primary sulfonamides is 1. The zero-order valence-corrected chi connectivity index (χ0v) is 15.1. The zero-order chi connectivity index (χ0) is 18.9. The molecule has 134 valence electrons. The molecular formula is C17H14FN3O3S2. The van der Waals surface area contributed by atoms with E-state index in [1.54, 1.807) is 16.7 Å². The molecule has 6 nitrogen and oxygen atoms in total. The van der Waals surface area contributed by atoms with Crippen LogP contribution >= 0.6 is 11.3 Å². The molecule has 0 aliphatic heterocycles. The number of fused-ring (bicyclic) bond motifs is 1. The molecule has 3 aromatic rings. The summed E-state index contributed by atoms with van der Waals surface area (Å²) >= 11 is 1.15. The highest BCUT2D eigenvalue weighted by Gasteiger charge is 2.13. The molecule has 9 heteroatoms. The van der Waals surface area contributed by atoms with E-state index < -0.39 is 21.7 Å². The molecule has 0 saturated carbocycles. The first-order valence-electron chi connectivity index (χ1n) is 7.41. The highest BCUT2D eigenvalue weighted by molar-refractivity contribution is 7.89. The number of hydrogen-bond donors (Lipinski definition) is 1. The van der Waals surface area contributed by atoms with Gasteiger partial charge in [0, 0.05) is 12.1 Å². The van der Waals surface area contributed by atoms with Crippen molar-refractivity contribution >= 4 is 37.5 Å². The lowest BCUT2D eigenvalue weighted by molar-refractivity contribution is 0.0998. The van der Waals surface area contributed by atoms with Gasteiger partial charge < -0.3 is 4.57 Å². The van der Waals surface area contributed by atoms with E-state index in [1.165, 1.54) is 36.4 Å². The lowest BCUT2D eigenvalue weighted by Crippen LogP contribution is -2.16. The predicted molar refractivity (Wildman–Crippen MR) is 97.7 cm³/mol. The Morgan fingerprint density at radius 2 is 1.96 bits per heavy atom. The smallest absolute Gasteiger partial charge is 0.279 e. The van der Waals surface area contributed by atoms with Gasteiger partial charge in [-0.1, -0.05) is 17.4 Å². The second-order valence-electron chi connectivity index (χ2n) is 5.38. The lowest BCUT2D eigenvalue weighted by atomic mass is 10.2. The third kappa shape index (κ3) is 3.64. The van der Waals surface area contributed by atoms with E-state index in [4.69, 9.17) is 5.14 Å².